The summed E-state index contributed by atoms with van der Waals surface area (Å²) >= 11 is 16.9. The minimum absolute atomic E-state index is 0.0670. The molecule has 2 amide bonds. The molecule has 9 heteroatoms. The molecule has 0 spiro atoms. The monoisotopic (exact) mass is 487 g/mol. The Kier molecular flexibility index (Phi) is 8.05. The number of fused-ring (bicyclic) bond motifs is 1. The van der Waals surface area contributed by atoms with Gasteiger partial charge >= 0.3 is 0 Å². The molecule has 0 saturated heterocycles. The van der Waals surface area contributed by atoms with Crippen LogP contribution in [-0.4, -0.2) is 23.0 Å². The van der Waals surface area contributed by atoms with Crippen molar-refractivity contribution in [1.29, 1.82) is 0 Å². The highest BCUT2D eigenvalue weighted by molar-refractivity contribution is 7.80. The van der Waals surface area contributed by atoms with Crippen LogP contribution in [0.25, 0.3) is 16.8 Å². The van der Waals surface area contributed by atoms with Crippen LogP contribution in [0.3, 0.4) is 0 Å². The number of hydrogen-bond acceptors (Lipinski definition) is 4. The molecule has 32 heavy (non-hydrogen) atoms. The van der Waals surface area contributed by atoms with Gasteiger partial charge in [0.2, 0.25) is 5.91 Å². The van der Waals surface area contributed by atoms with Crippen LogP contribution in [0.2, 0.25) is 10.0 Å². The summed E-state index contributed by atoms with van der Waals surface area (Å²) in [6.07, 6.45) is 2.18. The first kappa shape index (κ1) is 23.5. The molecule has 3 rings (SSSR count). The quantitative estimate of drug-likeness (QED) is 0.277. The Morgan fingerprint density at radius 1 is 1.03 bits per heavy atom. The van der Waals surface area contributed by atoms with Gasteiger partial charge in [0.1, 0.15) is 5.75 Å². The standard InChI is InChI=1S/C23H19Cl2N3O3S/c1-14(31-20-11-10-17(24)13-19(20)25)22(30)27-28-23(32)26-21(29)12-9-16-7-4-6-15-5-2-3-8-18(15)16/h2-14H,1H3,(H,27,30)(H2,26,28,29,32)/b12-9+. The van der Waals surface area contributed by atoms with Crippen molar-refractivity contribution in [2.75, 3.05) is 0 Å². The molecule has 0 heterocycles. The number of carbonyl (C=O) groups excluding carboxylic acids is 2. The molecule has 0 radical (unpaired) electrons. The van der Waals surface area contributed by atoms with E-state index in [-0.39, 0.29) is 10.1 Å². The van der Waals surface area contributed by atoms with E-state index in [1.807, 2.05) is 42.5 Å². The molecule has 1 atom stereocenters. The van der Waals surface area contributed by atoms with E-state index < -0.39 is 17.9 Å². The van der Waals surface area contributed by atoms with Crippen LogP contribution in [0, 0.1) is 0 Å². The van der Waals surface area contributed by atoms with Crippen molar-refractivity contribution >= 4 is 69.2 Å². The molecule has 164 valence electrons. The Morgan fingerprint density at radius 3 is 2.56 bits per heavy atom. The molecule has 1 unspecified atom stereocenters. The van der Waals surface area contributed by atoms with Gasteiger partial charge in [0.25, 0.3) is 5.91 Å². The number of thiocarbonyl (C=S) groups is 1. The average molecular weight is 488 g/mol. The largest absolute Gasteiger partial charge is 0.479 e. The minimum atomic E-state index is -0.883. The molecule has 3 aromatic rings. The zero-order valence-electron chi connectivity index (χ0n) is 16.9. The highest BCUT2D eigenvalue weighted by Crippen LogP contribution is 2.28. The number of benzene rings is 3. The molecule has 0 saturated carbocycles. The number of hydrazine groups is 1. The highest BCUT2D eigenvalue weighted by Gasteiger charge is 2.16. The Morgan fingerprint density at radius 2 is 1.78 bits per heavy atom. The van der Waals surface area contributed by atoms with E-state index in [0.717, 1.165) is 16.3 Å². The van der Waals surface area contributed by atoms with Crippen molar-refractivity contribution in [1.82, 2.24) is 16.2 Å². The van der Waals surface area contributed by atoms with Crippen molar-refractivity contribution in [3.63, 3.8) is 0 Å². The van der Waals surface area contributed by atoms with Crippen LogP contribution in [0.5, 0.6) is 5.75 Å². The topological polar surface area (TPSA) is 79.5 Å². The summed E-state index contributed by atoms with van der Waals surface area (Å²) in [5.74, 6) is -0.644. The van der Waals surface area contributed by atoms with Crippen molar-refractivity contribution in [3.8, 4) is 5.75 Å². The van der Waals surface area contributed by atoms with Crippen LogP contribution in [0.15, 0.2) is 66.7 Å². The maximum absolute atomic E-state index is 12.2. The van der Waals surface area contributed by atoms with Crippen molar-refractivity contribution in [2.24, 2.45) is 0 Å². The molecule has 0 aromatic heterocycles. The van der Waals surface area contributed by atoms with Gasteiger partial charge in [0.05, 0.1) is 5.02 Å². The fourth-order valence-electron chi connectivity index (χ4n) is 2.78. The van der Waals surface area contributed by atoms with Gasteiger partial charge in [-0.15, -0.1) is 0 Å². The number of rotatable bonds is 5. The van der Waals surface area contributed by atoms with Crippen molar-refractivity contribution in [3.05, 3.63) is 82.3 Å². The van der Waals surface area contributed by atoms with E-state index in [1.54, 1.807) is 18.2 Å². The lowest BCUT2D eigenvalue weighted by Gasteiger charge is -2.16. The number of nitrogens with one attached hydrogen (secondary N) is 3. The van der Waals surface area contributed by atoms with E-state index in [2.05, 4.69) is 16.2 Å². The van der Waals surface area contributed by atoms with Crippen molar-refractivity contribution < 1.29 is 14.3 Å². The third-order valence-corrected chi connectivity index (χ3v) is 5.08. The minimum Gasteiger partial charge on any atom is -0.479 e. The Hall–Kier alpha value is -3.13. The SMILES string of the molecule is CC(Oc1ccc(Cl)cc1Cl)C(=O)NNC(=S)NC(=O)/C=C/c1cccc2ccccc12. The molecular weight excluding hydrogens is 469 g/mol. The van der Waals surface area contributed by atoms with Crippen LogP contribution >= 0.6 is 35.4 Å². The van der Waals surface area contributed by atoms with E-state index >= 15 is 0 Å². The maximum Gasteiger partial charge on any atom is 0.279 e. The van der Waals surface area contributed by atoms with Crippen LogP contribution in [0.4, 0.5) is 0 Å². The van der Waals surface area contributed by atoms with Crippen LogP contribution in [0.1, 0.15) is 12.5 Å². The van der Waals surface area contributed by atoms with E-state index in [4.69, 9.17) is 40.2 Å². The Labute approximate surface area is 200 Å². The second-order valence-electron chi connectivity index (χ2n) is 6.67. The molecule has 0 bridgehead atoms. The molecule has 0 aliphatic carbocycles. The molecule has 0 aliphatic heterocycles. The first-order valence-electron chi connectivity index (χ1n) is 9.52. The number of ether oxygens (including phenoxy) is 1. The summed E-state index contributed by atoms with van der Waals surface area (Å²) in [6, 6.07) is 18.4. The summed E-state index contributed by atoms with van der Waals surface area (Å²) in [5.41, 5.74) is 5.74. The van der Waals surface area contributed by atoms with Gasteiger partial charge in [-0.1, -0.05) is 65.7 Å². The maximum atomic E-state index is 12.2. The molecule has 0 fully saturated rings. The second-order valence-corrected chi connectivity index (χ2v) is 7.92. The molecule has 3 aromatic carbocycles. The highest BCUT2D eigenvalue weighted by atomic mass is 35.5. The fraction of sp³-hybridized carbons (Fsp3) is 0.0870. The van der Waals surface area contributed by atoms with Gasteiger partial charge in [0, 0.05) is 11.1 Å². The lowest BCUT2D eigenvalue weighted by Crippen LogP contribution is -2.51. The Balaban J connectivity index is 1.49. The van der Waals surface area contributed by atoms with Crippen LogP contribution < -0.4 is 20.9 Å². The molecule has 0 aliphatic rings. The summed E-state index contributed by atoms with van der Waals surface area (Å²) in [5, 5.41) is 5.24. The lowest BCUT2D eigenvalue weighted by molar-refractivity contribution is -0.128. The predicted molar refractivity (Wildman–Crippen MR) is 132 cm³/mol. The van der Waals surface area contributed by atoms with Gasteiger partial charge in [0.15, 0.2) is 11.2 Å². The van der Waals surface area contributed by atoms with Gasteiger partial charge in [-0.3, -0.25) is 25.8 Å². The summed E-state index contributed by atoms with van der Waals surface area (Å²) in [6.45, 7) is 1.54. The summed E-state index contributed by atoms with van der Waals surface area (Å²) in [7, 11) is 0. The van der Waals surface area contributed by atoms with E-state index in [1.165, 1.54) is 19.1 Å². The van der Waals surface area contributed by atoms with Crippen molar-refractivity contribution in [2.45, 2.75) is 13.0 Å². The fourth-order valence-corrected chi connectivity index (χ4v) is 3.39. The van der Waals surface area contributed by atoms with E-state index in [0.29, 0.717) is 10.8 Å². The number of halogens is 2. The number of hydrogen-bond donors (Lipinski definition) is 3. The first-order chi connectivity index (χ1) is 15.3. The third kappa shape index (κ3) is 6.43. The molecular formula is C23H19Cl2N3O3S. The normalized spacial score (nSPS) is 11.7. The summed E-state index contributed by atoms with van der Waals surface area (Å²) in [4.78, 5) is 24.4. The Bertz CT molecular complexity index is 1190. The number of amides is 2. The smallest absolute Gasteiger partial charge is 0.279 e. The van der Waals surface area contributed by atoms with Crippen LogP contribution in [-0.2, 0) is 9.59 Å². The third-order valence-electron chi connectivity index (χ3n) is 4.34. The molecule has 3 N–H and O–H groups in total. The summed E-state index contributed by atoms with van der Waals surface area (Å²) < 4.78 is 5.51. The van der Waals surface area contributed by atoms with Gasteiger partial charge in [-0.2, -0.15) is 0 Å². The predicted octanol–water partition coefficient (Wildman–Crippen LogP) is 4.65. The van der Waals surface area contributed by atoms with Gasteiger partial charge in [-0.25, -0.2) is 0 Å². The van der Waals surface area contributed by atoms with E-state index in [9.17, 15) is 9.59 Å². The zero-order valence-corrected chi connectivity index (χ0v) is 19.2. The molecule has 6 nitrogen and oxygen atoms in total. The second kappa shape index (κ2) is 10.9. The first-order valence-corrected chi connectivity index (χ1v) is 10.7. The van der Waals surface area contributed by atoms with Gasteiger partial charge in [-0.05, 0) is 59.8 Å². The lowest BCUT2D eigenvalue weighted by atomic mass is 10.0. The van der Waals surface area contributed by atoms with Gasteiger partial charge < -0.3 is 4.74 Å². The zero-order chi connectivity index (χ0) is 23.1. The number of carbonyl (C=O) groups is 2. The average Bonchev–Trinajstić information content (AvgIpc) is 2.77.